The SMILES string of the molecule is C[C@H](c1ccccc1)N1C(=O)CC(C)(O)C1(C(=O)OC(C)(C)C)C(=O)OC(C)(C)C. The topological polar surface area (TPSA) is 93.1 Å². The van der Waals surface area contributed by atoms with Gasteiger partial charge in [0.15, 0.2) is 0 Å². The van der Waals surface area contributed by atoms with Gasteiger partial charge < -0.3 is 19.5 Å². The molecule has 0 saturated carbocycles. The molecule has 1 aliphatic heterocycles. The molecule has 2 atom stereocenters. The van der Waals surface area contributed by atoms with Crippen LogP contribution in [0.4, 0.5) is 0 Å². The number of nitrogens with zero attached hydrogens (tertiary/aromatic N) is 1. The molecule has 0 spiro atoms. The van der Waals surface area contributed by atoms with Crippen LogP contribution in [0.5, 0.6) is 0 Å². The molecule has 0 radical (unpaired) electrons. The summed E-state index contributed by atoms with van der Waals surface area (Å²) in [6.07, 6.45) is -0.414. The number of hydrogen-bond donors (Lipinski definition) is 1. The maximum absolute atomic E-state index is 13.5. The zero-order chi connectivity index (χ0) is 23.1. The average molecular weight is 420 g/mol. The van der Waals surface area contributed by atoms with E-state index in [0.29, 0.717) is 5.56 Å². The molecule has 1 aliphatic rings. The Morgan fingerprint density at radius 2 is 1.43 bits per heavy atom. The van der Waals surface area contributed by atoms with Gasteiger partial charge in [-0.2, -0.15) is 0 Å². The number of benzene rings is 1. The number of carbonyl (C=O) groups excluding carboxylic acids is 3. The maximum atomic E-state index is 13.5. The van der Waals surface area contributed by atoms with Crippen molar-refractivity contribution in [3.8, 4) is 0 Å². The van der Waals surface area contributed by atoms with E-state index in [1.54, 1.807) is 72.7 Å². The van der Waals surface area contributed by atoms with Gasteiger partial charge >= 0.3 is 11.9 Å². The number of aliphatic hydroxyl groups is 1. The van der Waals surface area contributed by atoms with Crippen molar-refractivity contribution >= 4 is 17.8 Å². The van der Waals surface area contributed by atoms with E-state index in [2.05, 4.69) is 0 Å². The highest BCUT2D eigenvalue weighted by atomic mass is 16.6. The van der Waals surface area contributed by atoms with Gasteiger partial charge in [-0.3, -0.25) is 4.79 Å². The van der Waals surface area contributed by atoms with Gasteiger partial charge in [-0.05, 0) is 61.0 Å². The van der Waals surface area contributed by atoms with Crippen LogP contribution < -0.4 is 0 Å². The van der Waals surface area contributed by atoms with Crippen LogP contribution in [0.25, 0.3) is 0 Å². The van der Waals surface area contributed by atoms with E-state index < -0.39 is 52.7 Å². The Hall–Kier alpha value is -2.41. The molecule has 166 valence electrons. The average Bonchev–Trinajstić information content (AvgIpc) is 2.77. The molecular weight excluding hydrogens is 386 g/mol. The van der Waals surface area contributed by atoms with Crippen LogP contribution in [0.3, 0.4) is 0 Å². The van der Waals surface area contributed by atoms with Crippen molar-refractivity contribution in [3.05, 3.63) is 35.9 Å². The van der Waals surface area contributed by atoms with Gasteiger partial charge in [0.05, 0.1) is 12.5 Å². The van der Waals surface area contributed by atoms with E-state index in [1.807, 2.05) is 6.07 Å². The van der Waals surface area contributed by atoms with Crippen molar-refractivity contribution in [1.82, 2.24) is 4.90 Å². The summed E-state index contributed by atoms with van der Waals surface area (Å²) in [5, 5.41) is 11.3. The molecule has 1 heterocycles. The van der Waals surface area contributed by atoms with Crippen LogP contribution in [0.1, 0.15) is 73.4 Å². The van der Waals surface area contributed by atoms with Crippen molar-refractivity contribution in [2.24, 2.45) is 0 Å². The Kier molecular flexibility index (Phi) is 6.12. The lowest BCUT2D eigenvalue weighted by molar-refractivity contribution is -0.202. The van der Waals surface area contributed by atoms with Crippen LogP contribution in [0, 0.1) is 0 Å². The van der Waals surface area contributed by atoms with Crippen LogP contribution in [-0.2, 0) is 23.9 Å². The third kappa shape index (κ3) is 4.36. The van der Waals surface area contributed by atoms with Crippen molar-refractivity contribution in [2.45, 2.75) is 90.2 Å². The largest absolute Gasteiger partial charge is 0.458 e. The van der Waals surface area contributed by atoms with Gasteiger partial charge in [-0.1, -0.05) is 30.3 Å². The Labute approximate surface area is 178 Å². The third-order valence-corrected chi connectivity index (χ3v) is 4.96. The summed E-state index contributed by atoms with van der Waals surface area (Å²) in [4.78, 5) is 41.3. The summed E-state index contributed by atoms with van der Waals surface area (Å²) < 4.78 is 11.1. The smallest absolute Gasteiger partial charge is 0.347 e. The van der Waals surface area contributed by atoms with Gasteiger partial charge in [-0.25, -0.2) is 9.59 Å². The quantitative estimate of drug-likeness (QED) is 0.595. The van der Waals surface area contributed by atoms with Crippen LogP contribution in [-0.4, -0.2) is 50.2 Å². The molecule has 1 fully saturated rings. The highest BCUT2D eigenvalue weighted by Gasteiger charge is 2.73. The first-order chi connectivity index (χ1) is 13.5. The van der Waals surface area contributed by atoms with Gasteiger partial charge in [0.2, 0.25) is 5.91 Å². The molecule has 0 aliphatic carbocycles. The van der Waals surface area contributed by atoms with Gasteiger partial charge in [0, 0.05) is 0 Å². The summed E-state index contributed by atoms with van der Waals surface area (Å²) in [6.45, 7) is 12.9. The van der Waals surface area contributed by atoms with Gasteiger partial charge in [0.1, 0.15) is 16.8 Å². The summed E-state index contributed by atoms with van der Waals surface area (Å²) in [7, 11) is 0. The predicted octanol–water partition coefficient (Wildman–Crippen LogP) is 3.15. The Balaban J connectivity index is 2.73. The van der Waals surface area contributed by atoms with Crippen molar-refractivity contribution < 1.29 is 29.0 Å². The monoisotopic (exact) mass is 419 g/mol. The molecule has 30 heavy (non-hydrogen) atoms. The number of likely N-dealkylation sites (tertiary alicyclic amines) is 1. The van der Waals surface area contributed by atoms with E-state index in [0.717, 1.165) is 4.90 Å². The molecule has 7 heteroatoms. The molecule has 2 rings (SSSR count). The molecule has 1 amide bonds. The van der Waals surface area contributed by atoms with Crippen LogP contribution >= 0.6 is 0 Å². The maximum Gasteiger partial charge on any atom is 0.347 e. The van der Waals surface area contributed by atoms with E-state index in [1.165, 1.54) is 6.92 Å². The summed E-state index contributed by atoms with van der Waals surface area (Å²) in [5.74, 6) is -2.56. The number of carbonyl (C=O) groups is 3. The Morgan fingerprint density at radius 3 is 1.83 bits per heavy atom. The molecular formula is C23H33NO6. The number of ether oxygens (including phenoxy) is 2. The number of rotatable bonds is 4. The minimum absolute atomic E-state index is 0.414. The molecule has 0 aromatic heterocycles. The lowest BCUT2D eigenvalue weighted by Gasteiger charge is -2.44. The fourth-order valence-electron chi connectivity index (χ4n) is 3.76. The van der Waals surface area contributed by atoms with E-state index >= 15 is 0 Å². The van der Waals surface area contributed by atoms with Crippen LogP contribution in [0.2, 0.25) is 0 Å². The first-order valence-electron chi connectivity index (χ1n) is 10.1. The lowest BCUT2D eigenvalue weighted by Crippen LogP contribution is -2.70. The number of esters is 2. The van der Waals surface area contributed by atoms with Crippen molar-refractivity contribution in [2.75, 3.05) is 0 Å². The minimum Gasteiger partial charge on any atom is -0.458 e. The standard InChI is InChI=1S/C23H33NO6/c1-15(16-12-10-9-11-13-16)24-17(25)14-22(8,28)23(24,18(26)29-20(2,3)4)19(27)30-21(5,6)7/h9-13,15,28H,14H2,1-8H3/t15-,22?/m1/s1. The molecule has 0 bridgehead atoms. The first-order valence-corrected chi connectivity index (χ1v) is 10.1. The molecule has 1 aromatic carbocycles. The van der Waals surface area contributed by atoms with E-state index in [9.17, 15) is 19.5 Å². The van der Waals surface area contributed by atoms with Crippen molar-refractivity contribution in [3.63, 3.8) is 0 Å². The Bertz CT molecular complexity index is 788. The second-order valence-corrected chi connectivity index (χ2v) is 10.0. The molecule has 1 N–H and O–H groups in total. The second-order valence-electron chi connectivity index (χ2n) is 10.0. The Morgan fingerprint density at radius 1 is 1.00 bits per heavy atom. The summed E-state index contributed by atoms with van der Waals surface area (Å²) in [5.41, 5.74) is -5.57. The first kappa shape index (κ1) is 23.9. The van der Waals surface area contributed by atoms with Gasteiger partial charge in [0.25, 0.3) is 5.54 Å². The van der Waals surface area contributed by atoms with Crippen molar-refractivity contribution in [1.29, 1.82) is 0 Å². The molecule has 1 saturated heterocycles. The number of amides is 1. The lowest BCUT2D eigenvalue weighted by atomic mass is 9.80. The highest BCUT2D eigenvalue weighted by Crippen LogP contribution is 2.47. The molecule has 1 aromatic rings. The minimum atomic E-state index is -2.35. The summed E-state index contributed by atoms with van der Waals surface area (Å²) >= 11 is 0. The van der Waals surface area contributed by atoms with Gasteiger partial charge in [-0.15, -0.1) is 0 Å². The van der Waals surface area contributed by atoms with E-state index in [4.69, 9.17) is 9.47 Å². The second kappa shape index (κ2) is 7.69. The molecule has 1 unspecified atom stereocenters. The van der Waals surface area contributed by atoms with Crippen LogP contribution in [0.15, 0.2) is 30.3 Å². The third-order valence-electron chi connectivity index (χ3n) is 4.96. The predicted molar refractivity (Wildman–Crippen MR) is 111 cm³/mol. The number of hydrogen-bond acceptors (Lipinski definition) is 6. The molecule has 7 nitrogen and oxygen atoms in total. The van der Waals surface area contributed by atoms with E-state index in [-0.39, 0.29) is 0 Å². The summed E-state index contributed by atoms with van der Waals surface area (Å²) in [6, 6.07) is 8.32. The fraction of sp³-hybridized carbons (Fsp3) is 0.609. The normalized spacial score (nSPS) is 22.6. The zero-order valence-electron chi connectivity index (χ0n) is 19.1. The zero-order valence-corrected chi connectivity index (χ0v) is 19.1. The highest BCUT2D eigenvalue weighted by molar-refractivity contribution is 6.12. The fourth-order valence-corrected chi connectivity index (χ4v) is 3.76.